The second-order valence-electron chi connectivity index (χ2n) is 9.95. The number of aliphatic hydroxyl groups is 1. The fourth-order valence-electron chi connectivity index (χ4n) is 3.90. The van der Waals surface area contributed by atoms with Crippen LogP contribution in [0, 0.1) is 5.92 Å². The van der Waals surface area contributed by atoms with Crippen LogP contribution in [-0.4, -0.2) is 72.5 Å². The van der Waals surface area contributed by atoms with Crippen molar-refractivity contribution in [1.29, 1.82) is 0 Å². The van der Waals surface area contributed by atoms with Gasteiger partial charge in [-0.25, -0.2) is 4.98 Å². The number of aliphatic hydroxyl groups excluding tert-OH is 1. The highest BCUT2D eigenvalue weighted by molar-refractivity contribution is 5.92. The lowest BCUT2D eigenvalue weighted by molar-refractivity contribution is -0.116. The molecule has 0 spiro atoms. The van der Waals surface area contributed by atoms with Gasteiger partial charge in [0.05, 0.1) is 12.7 Å². The van der Waals surface area contributed by atoms with Gasteiger partial charge < -0.3 is 29.2 Å². The number of nitrogens with one attached hydrogen (secondary N) is 1. The van der Waals surface area contributed by atoms with Gasteiger partial charge >= 0.3 is 0 Å². The molecule has 1 fully saturated rings. The Balaban J connectivity index is 0.00000242. The minimum Gasteiger partial charge on any atom is -0.448 e. The van der Waals surface area contributed by atoms with Crippen molar-refractivity contribution in [1.82, 2.24) is 15.2 Å². The molecule has 3 atom stereocenters. The maximum Gasteiger partial charge on any atom is 0.276 e. The minimum absolute atomic E-state index is 0.0744. The molecule has 0 radical (unpaired) electrons. The molecule has 220 valence electrons. The summed E-state index contributed by atoms with van der Waals surface area (Å²) in [4.78, 5) is 30.6. The van der Waals surface area contributed by atoms with Gasteiger partial charge in [-0.2, -0.15) is 0 Å². The molecule has 2 unspecified atom stereocenters. The smallest absolute Gasteiger partial charge is 0.276 e. The van der Waals surface area contributed by atoms with Crippen molar-refractivity contribution >= 4 is 11.8 Å². The van der Waals surface area contributed by atoms with E-state index in [9.17, 15) is 14.7 Å². The summed E-state index contributed by atoms with van der Waals surface area (Å²) in [6, 6.07) is 0.241. The Hall–Kier alpha value is -2.75. The van der Waals surface area contributed by atoms with E-state index in [0.29, 0.717) is 44.0 Å². The number of carbonyl (C=O) groups is 2. The van der Waals surface area contributed by atoms with E-state index in [-0.39, 0.29) is 30.6 Å². The topological polar surface area (TPSA) is 114 Å². The highest BCUT2D eigenvalue weighted by atomic mass is 16.7. The Morgan fingerprint density at radius 2 is 2.08 bits per heavy atom. The van der Waals surface area contributed by atoms with Crippen LogP contribution in [0.1, 0.15) is 83.1 Å². The van der Waals surface area contributed by atoms with Crippen LogP contribution in [0.2, 0.25) is 0 Å². The SMILES string of the molecule is CCC.COCOCC(C)/C=C/C(=O)NC/C=C/C(C)=C/C(O)CCCc1nc(C(=O)N2CCC[C@@H]2C)co1. The van der Waals surface area contributed by atoms with Crippen LogP contribution in [0.15, 0.2) is 46.6 Å². The highest BCUT2D eigenvalue weighted by Gasteiger charge is 2.27. The van der Waals surface area contributed by atoms with Crippen LogP contribution in [-0.2, 0) is 20.7 Å². The van der Waals surface area contributed by atoms with E-state index in [0.717, 1.165) is 25.0 Å². The Morgan fingerprint density at radius 1 is 1.33 bits per heavy atom. The average Bonchev–Trinajstić information content (AvgIpc) is 3.55. The number of hydrogen-bond acceptors (Lipinski definition) is 7. The number of aryl methyl sites for hydroxylation is 1. The van der Waals surface area contributed by atoms with E-state index in [1.165, 1.54) is 18.8 Å². The third kappa shape index (κ3) is 14.8. The van der Waals surface area contributed by atoms with Gasteiger partial charge in [0.2, 0.25) is 5.91 Å². The van der Waals surface area contributed by atoms with Crippen molar-refractivity contribution < 1.29 is 28.6 Å². The zero-order valence-corrected chi connectivity index (χ0v) is 24.7. The van der Waals surface area contributed by atoms with Gasteiger partial charge in [0.15, 0.2) is 11.6 Å². The molecule has 2 N–H and O–H groups in total. The van der Waals surface area contributed by atoms with Crippen molar-refractivity contribution in [3.05, 3.63) is 53.8 Å². The van der Waals surface area contributed by atoms with Gasteiger partial charge in [0, 0.05) is 32.7 Å². The first-order chi connectivity index (χ1) is 18.7. The Morgan fingerprint density at radius 3 is 2.74 bits per heavy atom. The number of hydrogen-bond donors (Lipinski definition) is 2. The van der Waals surface area contributed by atoms with Crippen LogP contribution in [0.4, 0.5) is 0 Å². The number of amides is 2. The lowest BCUT2D eigenvalue weighted by atomic mass is 10.1. The second kappa shape index (κ2) is 20.2. The van der Waals surface area contributed by atoms with Gasteiger partial charge in [-0.15, -0.1) is 0 Å². The van der Waals surface area contributed by atoms with Crippen LogP contribution in [0.25, 0.3) is 0 Å². The monoisotopic (exact) mass is 547 g/mol. The Bertz CT molecular complexity index is 924. The van der Waals surface area contributed by atoms with Crippen LogP contribution in [0.3, 0.4) is 0 Å². The zero-order chi connectivity index (χ0) is 29.0. The largest absolute Gasteiger partial charge is 0.448 e. The summed E-state index contributed by atoms with van der Waals surface area (Å²) in [7, 11) is 1.56. The minimum atomic E-state index is -0.601. The van der Waals surface area contributed by atoms with Crippen molar-refractivity contribution in [2.75, 3.05) is 33.6 Å². The fourth-order valence-corrected chi connectivity index (χ4v) is 3.90. The van der Waals surface area contributed by atoms with E-state index >= 15 is 0 Å². The van der Waals surface area contributed by atoms with Gasteiger partial charge in [-0.1, -0.05) is 57.1 Å². The Kier molecular flexibility index (Phi) is 17.7. The number of carbonyl (C=O) groups excluding carboxylic acids is 2. The molecule has 2 rings (SSSR count). The van der Waals surface area contributed by atoms with Gasteiger partial charge in [0.25, 0.3) is 5.91 Å². The average molecular weight is 548 g/mol. The van der Waals surface area contributed by atoms with Crippen molar-refractivity contribution in [2.24, 2.45) is 5.92 Å². The van der Waals surface area contributed by atoms with Crippen molar-refractivity contribution in [3.63, 3.8) is 0 Å². The van der Waals surface area contributed by atoms with E-state index in [1.54, 1.807) is 19.3 Å². The first-order valence-electron chi connectivity index (χ1n) is 14.0. The standard InChI is InChI=1S/C27H41N3O6.C3H8/c1-20(8-6-14-28-25(32)13-12-21(2)17-35-19-34-4)16-23(31)10-5-11-26-29-24(18-36-26)27(33)30-15-7-9-22(30)3;1-3-2/h6,8,12-13,16,18,21-23,31H,5,7,9-11,14-15,17,19H2,1-4H3,(H,28,32);3H2,1-2H3/b8-6+,13-12+,20-16+;/t21?,22-,23?;/m0./s1. The quantitative estimate of drug-likeness (QED) is 0.140. The molecule has 2 amide bonds. The van der Waals surface area contributed by atoms with Crippen molar-refractivity contribution in [3.8, 4) is 0 Å². The number of nitrogens with zero attached hydrogens (tertiary/aromatic N) is 2. The van der Waals surface area contributed by atoms with Crippen LogP contribution >= 0.6 is 0 Å². The molecule has 1 aromatic heterocycles. The summed E-state index contributed by atoms with van der Waals surface area (Å²) in [6.45, 7) is 12.0. The summed E-state index contributed by atoms with van der Waals surface area (Å²) in [5.74, 6) is 0.376. The normalized spacial score (nSPS) is 17.4. The molecule has 2 heterocycles. The first-order valence-corrected chi connectivity index (χ1v) is 14.0. The molecule has 1 aliphatic heterocycles. The molecular weight excluding hydrogens is 498 g/mol. The van der Waals surface area contributed by atoms with E-state index in [1.807, 2.05) is 30.9 Å². The van der Waals surface area contributed by atoms with Crippen LogP contribution in [0.5, 0.6) is 0 Å². The Labute approximate surface area is 234 Å². The van der Waals surface area contributed by atoms with E-state index < -0.39 is 6.10 Å². The molecule has 1 saturated heterocycles. The summed E-state index contributed by atoms with van der Waals surface area (Å²) in [5, 5.41) is 13.1. The first kappa shape index (κ1) is 34.3. The van der Waals surface area contributed by atoms with Gasteiger partial charge in [-0.05, 0) is 51.5 Å². The molecule has 0 aromatic carbocycles. The molecule has 1 aliphatic rings. The summed E-state index contributed by atoms with van der Waals surface area (Å²) < 4.78 is 15.5. The number of aromatic nitrogens is 1. The van der Waals surface area contributed by atoms with Gasteiger partial charge in [0.1, 0.15) is 13.1 Å². The number of ether oxygens (including phenoxy) is 2. The highest BCUT2D eigenvalue weighted by Crippen LogP contribution is 2.19. The predicted molar refractivity (Wildman–Crippen MR) is 153 cm³/mol. The third-order valence-corrected chi connectivity index (χ3v) is 5.86. The van der Waals surface area contributed by atoms with Gasteiger partial charge in [-0.3, -0.25) is 9.59 Å². The third-order valence-electron chi connectivity index (χ3n) is 5.86. The number of allylic oxidation sites excluding steroid dienone is 2. The summed E-state index contributed by atoms with van der Waals surface area (Å²) >= 11 is 0. The molecule has 0 aliphatic carbocycles. The van der Waals surface area contributed by atoms with E-state index in [4.69, 9.17) is 13.9 Å². The molecule has 0 saturated carbocycles. The second-order valence-corrected chi connectivity index (χ2v) is 9.95. The molecular formula is C30H49N3O6. The lowest BCUT2D eigenvalue weighted by Crippen LogP contribution is -2.33. The number of rotatable bonds is 15. The zero-order valence-electron chi connectivity index (χ0n) is 24.7. The molecule has 1 aromatic rings. The summed E-state index contributed by atoms with van der Waals surface area (Å²) in [5.41, 5.74) is 1.26. The molecule has 0 bridgehead atoms. The van der Waals surface area contributed by atoms with E-state index in [2.05, 4.69) is 31.1 Å². The van der Waals surface area contributed by atoms with Crippen LogP contribution < -0.4 is 5.32 Å². The molecule has 9 nitrogen and oxygen atoms in total. The predicted octanol–water partition coefficient (Wildman–Crippen LogP) is 4.83. The lowest BCUT2D eigenvalue weighted by Gasteiger charge is -2.19. The maximum atomic E-state index is 12.5. The maximum absolute atomic E-state index is 12.5. The number of methoxy groups -OCH3 is 1. The number of likely N-dealkylation sites (tertiary alicyclic amines) is 1. The molecule has 9 heteroatoms. The fraction of sp³-hybridized carbons (Fsp3) is 0.633. The number of oxazole rings is 1. The molecule has 39 heavy (non-hydrogen) atoms. The van der Waals surface area contributed by atoms with Crippen molar-refractivity contribution in [2.45, 2.75) is 85.3 Å². The summed E-state index contributed by atoms with van der Waals surface area (Å²) in [6.07, 6.45) is 14.7.